The average molecular weight is 519 g/mol. The van der Waals surface area contributed by atoms with Crippen molar-refractivity contribution in [3.63, 3.8) is 0 Å². The molecule has 0 radical (unpaired) electrons. The summed E-state index contributed by atoms with van der Waals surface area (Å²) in [5.41, 5.74) is 4.62. The highest BCUT2D eigenvalue weighted by molar-refractivity contribution is 7.17. The summed E-state index contributed by atoms with van der Waals surface area (Å²) in [6.07, 6.45) is 2.18. The van der Waals surface area contributed by atoms with Gasteiger partial charge in [0.05, 0.1) is 23.1 Å². The molecule has 1 unspecified atom stereocenters. The van der Waals surface area contributed by atoms with Crippen LogP contribution in [-0.4, -0.2) is 50.2 Å². The number of nitrogens with one attached hydrogen (secondary N) is 4. The van der Waals surface area contributed by atoms with Crippen molar-refractivity contribution < 1.29 is 14.3 Å². The van der Waals surface area contributed by atoms with Crippen LogP contribution in [0.1, 0.15) is 57.0 Å². The Kier molecular flexibility index (Phi) is 7.88. The van der Waals surface area contributed by atoms with Crippen LogP contribution in [0.3, 0.4) is 0 Å². The van der Waals surface area contributed by atoms with Crippen LogP contribution < -0.4 is 21.3 Å². The molecule has 8 heteroatoms. The molecule has 2 amide bonds. The molecule has 2 aliphatic rings. The Bertz CT molecular complexity index is 1260. The number of carbonyl (C=O) groups excluding carboxylic acids is 2. The molecule has 0 spiro atoms. The molecule has 2 fully saturated rings. The van der Waals surface area contributed by atoms with E-state index in [1.54, 1.807) is 0 Å². The van der Waals surface area contributed by atoms with Crippen LogP contribution in [0.15, 0.2) is 54.6 Å². The Morgan fingerprint density at radius 1 is 1.11 bits per heavy atom. The second kappa shape index (κ2) is 11.5. The summed E-state index contributed by atoms with van der Waals surface area (Å²) >= 11 is 1.47. The van der Waals surface area contributed by atoms with Crippen LogP contribution in [0.5, 0.6) is 0 Å². The molecule has 37 heavy (non-hydrogen) atoms. The molecule has 1 aromatic heterocycles. The molecule has 0 saturated carbocycles. The predicted octanol–water partition coefficient (Wildman–Crippen LogP) is 4.51. The van der Waals surface area contributed by atoms with E-state index in [9.17, 15) is 9.59 Å². The van der Waals surface area contributed by atoms with E-state index >= 15 is 0 Å². The second-order valence-electron chi connectivity index (χ2n) is 9.86. The van der Waals surface area contributed by atoms with E-state index in [2.05, 4.69) is 27.3 Å². The Hall–Kier alpha value is -3.20. The summed E-state index contributed by atoms with van der Waals surface area (Å²) in [6, 6.07) is 18.2. The van der Waals surface area contributed by atoms with Gasteiger partial charge in [0.2, 0.25) is 0 Å². The highest BCUT2D eigenvalue weighted by Crippen LogP contribution is 2.30. The zero-order valence-corrected chi connectivity index (χ0v) is 22.1. The number of benzene rings is 2. The van der Waals surface area contributed by atoms with Crippen molar-refractivity contribution >= 4 is 28.8 Å². The van der Waals surface area contributed by atoms with E-state index in [4.69, 9.17) is 4.74 Å². The van der Waals surface area contributed by atoms with E-state index in [1.165, 1.54) is 11.3 Å². The first-order valence-corrected chi connectivity index (χ1v) is 13.8. The molecule has 3 aromatic rings. The summed E-state index contributed by atoms with van der Waals surface area (Å²) in [4.78, 5) is 27.5. The van der Waals surface area contributed by atoms with Crippen molar-refractivity contribution in [3.8, 4) is 10.4 Å². The molecule has 2 atom stereocenters. The molecule has 3 heterocycles. The summed E-state index contributed by atoms with van der Waals surface area (Å²) < 4.78 is 5.59. The highest BCUT2D eigenvalue weighted by atomic mass is 32.1. The summed E-state index contributed by atoms with van der Waals surface area (Å²) in [5, 5.41) is 12.9. The molecule has 2 aromatic carbocycles. The molecule has 0 bridgehead atoms. The number of anilines is 1. The molecule has 2 aliphatic heterocycles. The van der Waals surface area contributed by atoms with Crippen molar-refractivity contribution in [1.82, 2.24) is 16.0 Å². The lowest BCUT2D eigenvalue weighted by Crippen LogP contribution is -2.51. The average Bonchev–Trinajstić information content (AvgIpc) is 3.58. The lowest BCUT2D eigenvalue weighted by molar-refractivity contribution is 0.0860. The van der Waals surface area contributed by atoms with Gasteiger partial charge < -0.3 is 26.0 Å². The van der Waals surface area contributed by atoms with Crippen LogP contribution in [-0.2, 0) is 4.74 Å². The van der Waals surface area contributed by atoms with Crippen molar-refractivity contribution in [1.29, 1.82) is 0 Å². The first kappa shape index (κ1) is 25.4. The Morgan fingerprint density at radius 2 is 1.97 bits per heavy atom. The maximum atomic E-state index is 13.2. The Morgan fingerprint density at radius 3 is 2.73 bits per heavy atom. The van der Waals surface area contributed by atoms with Crippen LogP contribution in [0, 0.1) is 6.92 Å². The minimum absolute atomic E-state index is 0.0656. The lowest BCUT2D eigenvalue weighted by Gasteiger charge is -2.29. The van der Waals surface area contributed by atoms with Crippen LogP contribution in [0.25, 0.3) is 10.4 Å². The number of hydrogen-bond acceptors (Lipinski definition) is 6. The first-order valence-electron chi connectivity index (χ1n) is 12.9. The molecule has 5 rings (SSSR count). The quantitative estimate of drug-likeness (QED) is 0.335. The van der Waals surface area contributed by atoms with E-state index in [-0.39, 0.29) is 24.0 Å². The number of carbonyl (C=O) groups is 2. The molecule has 194 valence electrons. The monoisotopic (exact) mass is 518 g/mol. The summed E-state index contributed by atoms with van der Waals surface area (Å²) in [5.74, 6) is -0.156. The van der Waals surface area contributed by atoms with Gasteiger partial charge in [-0.1, -0.05) is 24.3 Å². The van der Waals surface area contributed by atoms with Gasteiger partial charge in [0.25, 0.3) is 11.8 Å². The Balaban J connectivity index is 1.23. The maximum absolute atomic E-state index is 13.2. The van der Waals surface area contributed by atoms with Gasteiger partial charge in [-0.3, -0.25) is 9.59 Å². The standard InChI is InChI=1S/C29H34N4O3S/c1-18-8-9-22(33-23-15-30-16-23)14-25(18)28(34)32-19(2)20-5-3-6-21(13-20)26-10-11-27(37-26)29(35)31-17-24-7-4-12-36-24/h3,5-6,8-11,13-14,19,23-24,30,33H,4,7,12,15-17H2,1-2H3,(H,31,35)(H,32,34)/t19?,24-/m0/s1. The number of ether oxygens (including phenoxy) is 1. The van der Waals surface area contributed by atoms with Crippen molar-refractivity contribution in [3.05, 3.63) is 76.2 Å². The van der Waals surface area contributed by atoms with Gasteiger partial charge in [0, 0.05) is 42.4 Å². The second-order valence-corrected chi connectivity index (χ2v) is 10.9. The number of thiophene rings is 1. The fraction of sp³-hybridized carbons (Fsp3) is 0.379. The third-order valence-electron chi connectivity index (χ3n) is 7.00. The van der Waals surface area contributed by atoms with E-state index in [0.29, 0.717) is 23.0 Å². The molecule has 7 nitrogen and oxygen atoms in total. The van der Waals surface area contributed by atoms with Gasteiger partial charge >= 0.3 is 0 Å². The van der Waals surface area contributed by atoms with Crippen LogP contribution in [0.2, 0.25) is 0 Å². The predicted molar refractivity (Wildman–Crippen MR) is 148 cm³/mol. The molecular formula is C29H34N4O3S. The van der Waals surface area contributed by atoms with Crippen molar-refractivity contribution in [2.75, 3.05) is 31.6 Å². The van der Waals surface area contributed by atoms with E-state index in [0.717, 1.165) is 59.8 Å². The zero-order chi connectivity index (χ0) is 25.8. The zero-order valence-electron chi connectivity index (χ0n) is 21.3. The molecular weight excluding hydrogens is 484 g/mol. The third kappa shape index (κ3) is 6.21. The largest absolute Gasteiger partial charge is 0.380 e. The third-order valence-corrected chi connectivity index (χ3v) is 8.13. The topological polar surface area (TPSA) is 91.5 Å². The molecule has 4 N–H and O–H groups in total. The smallest absolute Gasteiger partial charge is 0.261 e. The highest BCUT2D eigenvalue weighted by Gasteiger charge is 2.20. The first-order chi connectivity index (χ1) is 18.0. The lowest BCUT2D eigenvalue weighted by atomic mass is 10.0. The SMILES string of the molecule is Cc1ccc(NC2CNC2)cc1C(=O)NC(C)c1cccc(-c2ccc(C(=O)NC[C@@H]3CCCO3)s2)c1. The minimum Gasteiger partial charge on any atom is -0.380 e. The Labute approximate surface area is 222 Å². The van der Waals surface area contributed by atoms with Gasteiger partial charge in [0.15, 0.2) is 0 Å². The number of hydrogen-bond donors (Lipinski definition) is 4. The molecule has 2 saturated heterocycles. The fourth-order valence-electron chi connectivity index (χ4n) is 4.62. The fourth-order valence-corrected chi connectivity index (χ4v) is 5.53. The van der Waals surface area contributed by atoms with Crippen LogP contribution >= 0.6 is 11.3 Å². The van der Waals surface area contributed by atoms with Crippen molar-refractivity contribution in [2.24, 2.45) is 0 Å². The van der Waals surface area contributed by atoms with Gasteiger partial charge in [0.1, 0.15) is 0 Å². The summed E-state index contributed by atoms with van der Waals surface area (Å²) in [6.45, 7) is 7.16. The number of aryl methyl sites for hydroxylation is 1. The van der Waals surface area contributed by atoms with Crippen molar-refractivity contribution in [2.45, 2.75) is 44.9 Å². The van der Waals surface area contributed by atoms with Gasteiger partial charge in [-0.25, -0.2) is 0 Å². The van der Waals surface area contributed by atoms with E-state index in [1.807, 2.05) is 62.4 Å². The normalized spacial score (nSPS) is 18.2. The van der Waals surface area contributed by atoms with Gasteiger partial charge in [-0.05, 0) is 73.7 Å². The summed E-state index contributed by atoms with van der Waals surface area (Å²) in [7, 11) is 0. The molecule has 0 aliphatic carbocycles. The van der Waals surface area contributed by atoms with E-state index < -0.39 is 0 Å². The van der Waals surface area contributed by atoms with Crippen LogP contribution in [0.4, 0.5) is 5.69 Å². The number of rotatable bonds is 9. The minimum atomic E-state index is -0.173. The van der Waals surface area contributed by atoms with Gasteiger partial charge in [-0.2, -0.15) is 0 Å². The van der Waals surface area contributed by atoms with Gasteiger partial charge in [-0.15, -0.1) is 11.3 Å². The maximum Gasteiger partial charge on any atom is 0.261 e. The number of amides is 2.